The third-order valence-corrected chi connectivity index (χ3v) is 7.06. The van der Waals surface area contributed by atoms with E-state index in [-0.39, 0.29) is 31.4 Å². The van der Waals surface area contributed by atoms with Gasteiger partial charge in [0.25, 0.3) is 5.91 Å². The number of hydrogen-bond donors (Lipinski definition) is 1. The molecule has 0 radical (unpaired) electrons. The van der Waals surface area contributed by atoms with Crippen molar-refractivity contribution in [3.8, 4) is 22.8 Å². The number of ether oxygens (including phenoxy) is 2. The second-order valence-corrected chi connectivity index (χ2v) is 9.68. The first-order valence-electron chi connectivity index (χ1n) is 13.0. The Morgan fingerprint density at radius 1 is 1.03 bits per heavy atom. The Hall–Kier alpha value is -4.59. The molecule has 0 saturated carbocycles. The zero-order valence-corrected chi connectivity index (χ0v) is 22.4. The summed E-state index contributed by atoms with van der Waals surface area (Å²) in [6.07, 6.45) is 0. The van der Waals surface area contributed by atoms with Gasteiger partial charge in [-0.25, -0.2) is 0 Å². The number of carbonyl (C=O) groups excluding carboxylic acids is 2. The molecule has 0 spiro atoms. The Bertz CT molecular complexity index is 1470. The maximum Gasteiger partial charge on any atom is 0.273 e. The van der Waals surface area contributed by atoms with Gasteiger partial charge in [0.15, 0.2) is 0 Å². The molecule has 1 atom stereocenters. The number of hydrogen-bond acceptors (Lipinski definition) is 5. The van der Waals surface area contributed by atoms with Crippen LogP contribution in [0.2, 0.25) is 0 Å². The van der Waals surface area contributed by atoms with E-state index < -0.39 is 5.54 Å². The van der Waals surface area contributed by atoms with E-state index in [1.165, 1.54) is 0 Å². The van der Waals surface area contributed by atoms with Crippen molar-refractivity contribution in [3.05, 3.63) is 102 Å². The molecular weight excluding hydrogens is 492 g/mol. The molecule has 1 aliphatic rings. The van der Waals surface area contributed by atoms with E-state index in [9.17, 15) is 9.59 Å². The summed E-state index contributed by atoms with van der Waals surface area (Å²) in [5.41, 5.74) is 2.61. The van der Waals surface area contributed by atoms with Crippen molar-refractivity contribution < 1.29 is 19.1 Å². The number of aromatic nitrogens is 2. The Kier molecular flexibility index (Phi) is 7.36. The van der Waals surface area contributed by atoms with E-state index in [1.807, 2.05) is 85.8 Å². The molecule has 0 bridgehead atoms. The molecule has 1 aromatic heterocycles. The quantitative estimate of drug-likeness (QED) is 0.343. The van der Waals surface area contributed by atoms with Gasteiger partial charge < -0.3 is 19.7 Å². The molecule has 200 valence electrons. The lowest BCUT2D eigenvalue weighted by atomic mass is 9.94. The molecule has 1 aliphatic heterocycles. The standard InChI is InChI=1S/C31H32N4O4/c1-4-39-25-16-14-22(15-17-25)20-34-29(36)27-18-26(23-10-6-5-7-11-23)33-35(27)21-31(34,2)30(37)32-19-24-12-8-9-13-28(24)38-3/h5-18H,4,19-21H2,1-3H3,(H,32,37). The third kappa shape index (κ3) is 5.23. The lowest BCUT2D eigenvalue weighted by Crippen LogP contribution is -2.63. The van der Waals surface area contributed by atoms with Gasteiger partial charge in [0.2, 0.25) is 5.91 Å². The third-order valence-electron chi connectivity index (χ3n) is 7.06. The molecule has 1 N–H and O–H groups in total. The number of nitrogens with one attached hydrogen (secondary N) is 1. The van der Waals surface area contributed by atoms with E-state index in [4.69, 9.17) is 14.6 Å². The monoisotopic (exact) mass is 524 g/mol. The fourth-order valence-electron chi connectivity index (χ4n) is 4.89. The lowest BCUT2D eigenvalue weighted by molar-refractivity contribution is -0.133. The molecule has 3 aromatic carbocycles. The molecule has 8 nitrogen and oxygen atoms in total. The van der Waals surface area contributed by atoms with Crippen molar-refractivity contribution in [2.75, 3.05) is 13.7 Å². The van der Waals surface area contributed by atoms with Gasteiger partial charge in [0, 0.05) is 24.2 Å². The normalized spacial score (nSPS) is 16.5. The summed E-state index contributed by atoms with van der Waals surface area (Å²) in [6.45, 7) is 5.05. The van der Waals surface area contributed by atoms with Crippen LogP contribution in [0.15, 0.2) is 84.9 Å². The van der Waals surface area contributed by atoms with Gasteiger partial charge in [-0.1, -0.05) is 60.7 Å². The molecule has 2 amide bonds. The van der Waals surface area contributed by atoms with Crippen molar-refractivity contribution in [3.63, 3.8) is 0 Å². The lowest BCUT2D eigenvalue weighted by Gasteiger charge is -2.43. The molecule has 0 saturated heterocycles. The summed E-state index contributed by atoms with van der Waals surface area (Å²) in [4.78, 5) is 29.5. The number of benzene rings is 3. The summed E-state index contributed by atoms with van der Waals surface area (Å²) >= 11 is 0. The summed E-state index contributed by atoms with van der Waals surface area (Å²) in [7, 11) is 1.60. The number of carbonyl (C=O) groups is 2. The molecule has 39 heavy (non-hydrogen) atoms. The van der Waals surface area contributed by atoms with Crippen molar-refractivity contribution in [1.29, 1.82) is 0 Å². The minimum Gasteiger partial charge on any atom is -0.496 e. The first-order valence-corrected chi connectivity index (χ1v) is 13.0. The van der Waals surface area contributed by atoms with E-state index >= 15 is 0 Å². The van der Waals surface area contributed by atoms with Crippen LogP contribution in [0.4, 0.5) is 0 Å². The highest BCUT2D eigenvalue weighted by Crippen LogP contribution is 2.32. The maximum atomic E-state index is 14.0. The predicted octanol–water partition coefficient (Wildman–Crippen LogP) is 4.69. The van der Waals surface area contributed by atoms with E-state index in [1.54, 1.807) is 29.7 Å². The van der Waals surface area contributed by atoms with Crippen LogP contribution < -0.4 is 14.8 Å². The van der Waals surface area contributed by atoms with Crippen LogP contribution in [0.25, 0.3) is 11.3 Å². The second-order valence-electron chi connectivity index (χ2n) is 9.68. The van der Waals surface area contributed by atoms with Gasteiger partial charge in [-0.15, -0.1) is 0 Å². The molecule has 4 aromatic rings. The summed E-state index contributed by atoms with van der Waals surface area (Å²) in [6, 6.07) is 26.7. The van der Waals surface area contributed by atoms with Gasteiger partial charge in [-0.05, 0) is 43.7 Å². The van der Waals surface area contributed by atoms with Crippen LogP contribution in [0.1, 0.15) is 35.5 Å². The van der Waals surface area contributed by atoms with Crippen molar-refractivity contribution in [2.45, 2.75) is 39.0 Å². The van der Waals surface area contributed by atoms with Gasteiger partial charge in [-0.3, -0.25) is 14.3 Å². The van der Waals surface area contributed by atoms with Crippen molar-refractivity contribution in [2.24, 2.45) is 0 Å². The first kappa shape index (κ1) is 26.0. The number of rotatable bonds is 9. The summed E-state index contributed by atoms with van der Waals surface area (Å²) in [5, 5.41) is 7.76. The zero-order valence-electron chi connectivity index (χ0n) is 22.4. The molecule has 0 fully saturated rings. The largest absolute Gasteiger partial charge is 0.496 e. The van der Waals surface area contributed by atoms with Gasteiger partial charge in [0.1, 0.15) is 22.7 Å². The number of nitrogens with zero attached hydrogens (tertiary/aromatic N) is 3. The predicted molar refractivity (Wildman–Crippen MR) is 148 cm³/mol. The van der Waals surface area contributed by atoms with Crippen LogP contribution in [0.5, 0.6) is 11.5 Å². The van der Waals surface area contributed by atoms with Crippen molar-refractivity contribution in [1.82, 2.24) is 20.0 Å². The highest BCUT2D eigenvalue weighted by Gasteiger charge is 2.48. The fourth-order valence-corrected chi connectivity index (χ4v) is 4.89. The first-order chi connectivity index (χ1) is 18.9. The fraction of sp³-hybridized carbons (Fsp3) is 0.258. The van der Waals surface area contributed by atoms with Gasteiger partial charge in [-0.2, -0.15) is 5.10 Å². The minimum absolute atomic E-state index is 0.218. The van der Waals surface area contributed by atoms with Crippen LogP contribution >= 0.6 is 0 Å². The summed E-state index contributed by atoms with van der Waals surface area (Å²) < 4.78 is 12.7. The van der Waals surface area contributed by atoms with E-state index in [0.29, 0.717) is 23.7 Å². The second kappa shape index (κ2) is 11.0. The molecule has 8 heteroatoms. The Morgan fingerprint density at radius 2 is 1.74 bits per heavy atom. The zero-order chi connectivity index (χ0) is 27.4. The average Bonchev–Trinajstić information content (AvgIpc) is 3.39. The molecule has 1 unspecified atom stereocenters. The SMILES string of the molecule is CCOc1ccc(CN2C(=O)c3cc(-c4ccccc4)nn3CC2(C)C(=O)NCc2ccccc2OC)cc1. The van der Waals surface area contributed by atoms with Gasteiger partial charge in [0.05, 0.1) is 26.0 Å². The number of fused-ring (bicyclic) bond motifs is 1. The van der Waals surface area contributed by atoms with Crippen LogP contribution in [-0.4, -0.2) is 45.8 Å². The smallest absolute Gasteiger partial charge is 0.273 e. The molecule has 0 aliphatic carbocycles. The van der Waals surface area contributed by atoms with Crippen molar-refractivity contribution >= 4 is 11.8 Å². The average molecular weight is 525 g/mol. The molecule has 5 rings (SSSR count). The summed E-state index contributed by atoms with van der Waals surface area (Å²) in [5.74, 6) is 0.930. The molecule has 2 heterocycles. The maximum absolute atomic E-state index is 14.0. The Labute approximate surface area is 228 Å². The Balaban J connectivity index is 1.47. The highest BCUT2D eigenvalue weighted by molar-refractivity contribution is 6.00. The van der Waals surface area contributed by atoms with Gasteiger partial charge >= 0.3 is 0 Å². The Morgan fingerprint density at radius 3 is 2.46 bits per heavy atom. The van der Waals surface area contributed by atoms with E-state index in [2.05, 4.69) is 5.32 Å². The number of methoxy groups -OCH3 is 1. The highest BCUT2D eigenvalue weighted by atomic mass is 16.5. The van der Waals surface area contributed by atoms with Crippen LogP contribution in [0, 0.1) is 0 Å². The minimum atomic E-state index is -1.19. The van der Waals surface area contributed by atoms with Crippen LogP contribution in [0.3, 0.4) is 0 Å². The number of amides is 2. The van der Waals surface area contributed by atoms with E-state index in [0.717, 1.165) is 22.4 Å². The topological polar surface area (TPSA) is 85.7 Å². The number of para-hydroxylation sites is 1. The molecular formula is C31H32N4O4. The van der Waals surface area contributed by atoms with Crippen LogP contribution in [-0.2, 0) is 24.4 Å².